The molecule has 0 saturated heterocycles. The molecule has 3 aromatic rings. The minimum absolute atomic E-state index is 0.542. The maximum absolute atomic E-state index is 6.07. The molecule has 5 nitrogen and oxygen atoms in total. The average Bonchev–Trinajstić information content (AvgIpc) is 3.09. The van der Waals surface area contributed by atoms with E-state index in [0.717, 1.165) is 10.8 Å². The summed E-state index contributed by atoms with van der Waals surface area (Å²) in [6.07, 6.45) is 0. The number of ether oxygens (including phenoxy) is 3. The van der Waals surface area contributed by atoms with E-state index >= 15 is 0 Å². The van der Waals surface area contributed by atoms with Gasteiger partial charge in [-0.3, -0.25) is 0 Å². The second kappa shape index (κ2) is 8.41. The highest BCUT2D eigenvalue weighted by atomic mass is 127. The number of hydrogen-bond donors (Lipinski definition) is 0. The molecule has 0 saturated carbocycles. The highest BCUT2D eigenvalue weighted by Crippen LogP contribution is 2.38. The van der Waals surface area contributed by atoms with Gasteiger partial charge in [0.05, 0.1) is 6.61 Å². The van der Waals surface area contributed by atoms with E-state index in [9.17, 15) is 0 Å². The first-order valence-electron chi connectivity index (χ1n) is 7.84. The van der Waals surface area contributed by atoms with Crippen LogP contribution in [0.25, 0.3) is 0 Å². The largest absolute Gasteiger partial charge is 0.470 e. The molecule has 0 spiro atoms. The highest BCUT2D eigenvalue weighted by molar-refractivity contribution is 14.1. The molecule has 0 bridgehead atoms. The smallest absolute Gasteiger partial charge is 0.294 e. The van der Waals surface area contributed by atoms with Gasteiger partial charge in [0.1, 0.15) is 17.2 Å². The zero-order chi connectivity index (χ0) is 18.6. The Labute approximate surface area is 174 Å². The molecule has 1 heterocycles. The molecule has 1 aromatic heterocycles. The number of rotatable bonds is 7. The van der Waals surface area contributed by atoms with E-state index in [-0.39, 0.29) is 0 Å². The third kappa shape index (κ3) is 4.99. The number of halogens is 2. The molecule has 0 N–H and O–H groups in total. The van der Waals surface area contributed by atoms with Crippen LogP contribution in [0.4, 0.5) is 0 Å². The normalized spacial score (nSPS) is 13.1. The van der Waals surface area contributed by atoms with Crippen LogP contribution in [0.5, 0.6) is 22.4 Å². The summed E-state index contributed by atoms with van der Waals surface area (Å²) in [7, 11) is 0. The summed E-state index contributed by atoms with van der Waals surface area (Å²) in [4.78, 5) is 0. The van der Waals surface area contributed by atoms with Crippen LogP contribution in [0.1, 0.15) is 18.9 Å². The third-order valence-corrected chi connectivity index (χ3v) is 5.63. The zero-order valence-electron chi connectivity index (χ0n) is 14.1. The van der Waals surface area contributed by atoms with Crippen LogP contribution in [0.15, 0.2) is 48.5 Å². The lowest BCUT2D eigenvalue weighted by Crippen LogP contribution is -2.21. The van der Waals surface area contributed by atoms with Gasteiger partial charge in [-0.2, -0.15) is 0 Å². The van der Waals surface area contributed by atoms with Crippen molar-refractivity contribution in [2.24, 2.45) is 0 Å². The van der Waals surface area contributed by atoms with Crippen LogP contribution < -0.4 is 14.2 Å². The summed E-state index contributed by atoms with van der Waals surface area (Å²) in [5.74, 6) is 2.14. The third-order valence-electron chi connectivity index (χ3n) is 3.24. The lowest BCUT2D eigenvalue weighted by atomic mass is 10.3. The fourth-order valence-corrected chi connectivity index (χ4v) is 3.60. The van der Waals surface area contributed by atoms with Gasteiger partial charge >= 0.3 is 0 Å². The zero-order valence-corrected chi connectivity index (χ0v) is 17.8. The van der Waals surface area contributed by atoms with Gasteiger partial charge in [0.2, 0.25) is 3.61 Å². The van der Waals surface area contributed by atoms with Crippen molar-refractivity contribution in [1.82, 2.24) is 10.2 Å². The Bertz CT molecular complexity index is 854. The van der Waals surface area contributed by atoms with Crippen LogP contribution in [-0.2, 0) is 3.61 Å². The first-order valence-corrected chi connectivity index (χ1v) is 10.1. The second-order valence-corrected chi connectivity index (χ2v) is 8.79. The van der Waals surface area contributed by atoms with Gasteiger partial charge in [0.25, 0.3) is 5.19 Å². The Kier molecular flexibility index (Phi) is 6.20. The van der Waals surface area contributed by atoms with Crippen LogP contribution in [0.2, 0.25) is 5.02 Å². The lowest BCUT2D eigenvalue weighted by molar-refractivity contribution is 0.205. The molecule has 0 aliphatic rings. The van der Waals surface area contributed by atoms with E-state index < -0.39 is 3.61 Å². The van der Waals surface area contributed by atoms with Crippen LogP contribution in [0.3, 0.4) is 0 Å². The van der Waals surface area contributed by atoms with Crippen molar-refractivity contribution in [3.05, 3.63) is 58.6 Å². The summed E-state index contributed by atoms with van der Waals surface area (Å²) in [5.41, 5.74) is 0. The predicted molar refractivity (Wildman–Crippen MR) is 111 cm³/mol. The first-order chi connectivity index (χ1) is 12.5. The Morgan fingerprint density at radius 3 is 2.19 bits per heavy atom. The summed E-state index contributed by atoms with van der Waals surface area (Å²) < 4.78 is 16.6. The van der Waals surface area contributed by atoms with Crippen LogP contribution in [0, 0.1) is 0 Å². The molecule has 0 radical (unpaired) electrons. The maximum atomic E-state index is 6.07. The summed E-state index contributed by atoms with van der Waals surface area (Å²) >= 11 is 9.46. The van der Waals surface area contributed by atoms with Crippen LogP contribution in [-0.4, -0.2) is 16.8 Å². The van der Waals surface area contributed by atoms with Crippen molar-refractivity contribution in [1.29, 1.82) is 0 Å². The van der Waals surface area contributed by atoms with Gasteiger partial charge in [-0.05, 0) is 85.0 Å². The molecular weight excluding hydrogens is 487 g/mol. The molecular formula is C18H16ClIN2O3S. The molecule has 0 aliphatic carbocycles. The molecule has 3 rings (SSSR count). The number of nitrogens with zero attached hydrogens (tertiary/aromatic N) is 2. The maximum Gasteiger partial charge on any atom is 0.294 e. The van der Waals surface area contributed by atoms with E-state index in [1.54, 1.807) is 12.1 Å². The van der Waals surface area contributed by atoms with Gasteiger partial charge in [0, 0.05) is 5.02 Å². The quantitative estimate of drug-likeness (QED) is 0.290. The molecule has 1 atom stereocenters. The minimum Gasteiger partial charge on any atom is -0.470 e. The predicted octanol–water partition coefficient (Wildman–Crippen LogP) is 6.07. The highest BCUT2D eigenvalue weighted by Gasteiger charge is 2.30. The molecule has 26 heavy (non-hydrogen) atoms. The fourth-order valence-electron chi connectivity index (χ4n) is 2.05. The Balaban J connectivity index is 1.66. The summed E-state index contributed by atoms with van der Waals surface area (Å²) in [6, 6.07) is 14.6. The van der Waals surface area contributed by atoms with Crippen molar-refractivity contribution in [2.75, 3.05) is 6.61 Å². The molecule has 0 aliphatic heterocycles. The van der Waals surface area contributed by atoms with E-state index in [0.29, 0.717) is 28.3 Å². The molecule has 0 fully saturated rings. The van der Waals surface area contributed by atoms with E-state index in [4.69, 9.17) is 25.8 Å². The first kappa shape index (κ1) is 19.2. The number of aromatic nitrogens is 2. The van der Waals surface area contributed by atoms with Crippen molar-refractivity contribution < 1.29 is 14.2 Å². The Morgan fingerprint density at radius 2 is 1.58 bits per heavy atom. The fraction of sp³-hybridized carbons (Fsp3) is 0.222. The minimum atomic E-state index is -0.649. The van der Waals surface area contributed by atoms with Gasteiger partial charge in [-0.1, -0.05) is 28.0 Å². The average molecular weight is 503 g/mol. The molecule has 8 heteroatoms. The monoisotopic (exact) mass is 502 g/mol. The van der Waals surface area contributed by atoms with Gasteiger partial charge in [0.15, 0.2) is 5.01 Å². The number of benzene rings is 2. The number of hydrogen-bond acceptors (Lipinski definition) is 6. The van der Waals surface area contributed by atoms with Crippen molar-refractivity contribution in [3.63, 3.8) is 0 Å². The molecule has 136 valence electrons. The lowest BCUT2D eigenvalue weighted by Gasteiger charge is -2.21. The van der Waals surface area contributed by atoms with Crippen molar-refractivity contribution in [2.45, 2.75) is 17.5 Å². The standard InChI is InChI=1S/C18H16ClIN2O3S/c1-3-23-17-22-21-16(26-17)18(2,20)25-15-10-8-14(9-11-15)24-13-6-4-12(19)5-7-13/h4-11H,3H2,1-2H3. The second-order valence-electron chi connectivity index (χ2n) is 5.35. The summed E-state index contributed by atoms with van der Waals surface area (Å²) in [5, 5.41) is 10.1. The summed E-state index contributed by atoms with van der Waals surface area (Å²) in [6.45, 7) is 4.40. The van der Waals surface area contributed by atoms with Gasteiger partial charge < -0.3 is 14.2 Å². The van der Waals surface area contributed by atoms with Gasteiger partial charge in [-0.25, -0.2) is 0 Å². The molecule has 1 unspecified atom stereocenters. The van der Waals surface area contributed by atoms with Gasteiger partial charge in [-0.15, -0.1) is 5.10 Å². The van der Waals surface area contributed by atoms with Crippen molar-refractivity contribution in [3.8, 4) is 22.4 Å². The molecule has 0 amide bonds. The van der Waals surface area contributed by atoms with E-state index in [1.165, 1.54) is 11.3 Å². The van der Waals surface area contributed by atoms with Crippen molar-refractivity contribution >= 4 is 45.5 Å². The number of alkyl halides is 1. The molecule has 2 aromatic carbocycles. The van der Waals surface area contributed by atoms with Crippen LogP contribution >= 0.6 is 45.5 Å². The Hall–Kier alpha value is -1.58. The SMILES string of the molecule is CCOc1nnc(C(C)(I)Oc2ccc(Oc3ccc(Cl)cc3)cc2)s1. The van der Waals surface area contributed by atoms with E-state index in [1.807, 2.05) is 50.2 Å². The Morgan fingerprint density at radius 1 is 1.00 bits per heavy atom. The topological polar surface area (TPSA) is 53.5 Å². The van der Waals surface area contributed by atoms with E-state index in [2.05, 4.69) is 32.8 Å².